The van der Waals surface area contributed by atoms with Gasteiger partial charge in [-0.15, -0.1) is 0 Å². The molecule has 0 aromatic heterocycles. The minimum atomic E-state index is -0.958. The lowest BCUT2D eigenvalue weighted by Gasteiger charge is -2.40. The maximum Gasteiger partial charge on any atom is 0.339 e. The second kappa shape index (κ2) is 12.2. The first-order valence-corrected chi connectivity index (χ1v) is 16.0. The molecule has 42 heavy (non-hydrogen) atoms. The van der Waals surface area contributed by atoms with Crippen LogP contribution in [0, 0.1) is 20.8 Å². The van der Waals surface area contributed by atoms with Gasteiger partial charge in [0.2, 0.25) is 5.91 Å². The molecule has 1 fully saturated rings. The topological polar surface area (TPSA) is 65.1 Å². The van der Waals surface area contributed by atoms with Gasteiger partial charge < -0.3 is 19.1 Å². The molecule has 3 aliphatic rings. The number of carbonyl (C=O) groups excluding carboxylic acids is 2. The number of amides is 1. The Morgan fingerprint density at radius 3 is 2.43 bits per heavy atom. The summed E-state index contributed by atoms with van der Waals surface area (Å²) in [5.74, 6) is 0.511. The number of fused-ring (bicyclic) bond motifs is 2. The standard InChI is InChI=1S/C35H46ClNO5/c1-8-40-34(39)33(42-35(5,6)7)31-21(3)25-18-29(38)37(23-13-10-9-11-14-23)19-27(25)22(4)30(31)26-17-28(36)32-24(20(26)2)15-12-16-41-32/h17,23,33H,8-16,18-19H2,1-7H3. The molecule has 2 aliphatic heterocycles. The first kappa shape index (κ1) is 30.9. The second-order valence-corrected chi connectivity index (χ2v) is 13.5. The number of halogens is 1. The van der Waals surface area contributed by atoms with Crippen LogP contribution in [0.3, 0.4) is 0 Å². The largest absolute Gasteiger partial charge is 0.492 e. The maximum atomic E-state index is 13.7. The number of esters is 1. The predicted octanol–water partition coefficient (Wildman–Crippen LogP) is 7.89. The van der Waals surface area contributed by atoms with Crippen LogP contribution in [0.1, 0.15) is 111 Å². The number of carbonyl (C=O) groups is 2. The average Bonchev–Trinajstić information content (AvgIpc) is 2.96. The minimum Gasteiger partial charge on any atom is -0.492 e. The van der Waals surface area contributed by atoms with Crippen LogP contribution in [0.5, 0.6) is 5.75 Å². The molecule has 0 bridgehead atoms. The lowest BCUT2D eigenvalue weighted by atomic mass is 9.78. The van der Waals surface area contributed by atoms with Crippen molar-refractivity contribution >= 4 is 23.5 Å². The summed E-state index contributed by atoms with van der Waals surface area (Å²) in [5, 5.41) is 0.578. The van der Waals surface area contributed by atoms with Crippen molar-refractivity contribution in [3.05, 3.63) is 50.0 Å². The summed E-state index contributed by atoms with van der Waals surface area (Å²) in [4.78, 5) is 29.4. The molecule has 1 saturated carbocycles. The normalized spacial score (nSPS) is 18.3. The van der Waals surface area contributed by atoms with Crippen LogP contribution in [-0.2, 0) is 38.4 Å². The Bertz CT molecular complexity index is 1390. The number of benzene rings is 2. The highest BCUT2D eigenvalue weighted by Crippen LogP contribution is 2.48. The average molecular weight is 596 g/mol. The molecule has 2 aromatic rings. The lowest BCUT2D eigenvalue weighted by Crippen LogP contribution is -2.45. The molecule has 0 radical (unpaired) electrons. The molecule has 2 aromatic carbocycles. The molecule has 1 unspecified atom stereocenters. The highest BCUT2D eigenvalue weighted by molar-refractivity contribution is 6.32. The zero-order valence-electron chi connectivity index (χ0n) is 26.4. The van der Waals surface area contributed by atoms with Crippen LogP contribution >= 0.6 is 11.6 Å². The van der Waals surface area contributed by atoms with Gasteiger partial charge in [0.25, 0.3) is 0 Å². The van der Waals surface area contributed by atoms with E-state index >= 15 is 0 Å². The molecule has 5 rings (SSSR count). The van der Waals surface area contributed by atoms with Crippen LogP contribution < -0.4 is 4.74 Å². The highest BCUT2D eigenvalue weighted by Gasteiger charge is 2.39. The number of rotatable bonds is 6. The van der Waals surface area contributed by atoms with Gasteiger partial charge in [0.15, 0.2) is 6.10 Å². The molecular weight excluding hydrogens is 550 g/mol. The van der Waals surface area contributed by atoms with E-state index in [1.54, 1.807) is 0 Å². The molecular formula is C35H46ClNO5. The molecule has 7 heteroatoms. The SMILES string of the molecule is CCOC(=O)C(OC(C)(C)C)c1c(C)c2c(c(C)c1-c1cc(Cl)c3c(c1C)CCCO3)CN(C1CCCCC1)C(=O)C2. The fourth-order valence-corrected chi connectivity index (χ4v) is 7.51. The number of ether oxygens (including phenoxy) is 3. The van der Waals surface area contributed by atoms with Crippen molar-refractivity contribution in [3.63, 3.8) is 0 Å². The third-order valence-electron chi connectivity index (χ3n) is 9.25. The third-order valence-corrected chi connectivity index (χ3v) is 9.53. The Hall–Kier alpha value is -2.57. The quantitative estimate of drug-likeness (QED) is 0.318. The van der Waals surface area contributed by atoms with Gasteiger partial charge >= 0.3 is 5.97 Å². The summed E-state index contributed by atoms with van der Waals surface area (Å²) >= 11 is 6.90. The van der Waals surface area contributed by atoms with Crippen molar-refractivity contribution in [3.8, 4) is 16.9 Å². The molecule has 2 heterocycles. The Morgan fingerprint density at radius 2 is 1.76 bits per heavy atom. The molecule has 1 amide bonds. The van der Waals surface area contributed by atoms with Crippen molar-refractivity contribution in [2.45, 2.75) is 124 Å². The van der Waals surface area contributed by atoms with Crippen molar-refractivity contribution in [2.75, 3.05) is 13.2 Å². The Labute approximate surface area is 256 Å². The monoisotopic (exact) mass is 595 g/mol. The van der Waals surface area contributed by atoms with Crippen molar-refractivity contribution < 1.29 is 23.8 Å². The lowest BCUT2D eigenvalue weighted by molar-refractivity contribution is -0.166. The van der Waals surface area contributed by atoms with E-state index in [-0.39, 0.29) is 18.6 Å². The fourth-order valence-electron chi connectivity index (χ4n) is 7.23. The summed E-state index contributed by atoms with van der Waals surface area (Å²) in [6.07, 6.45) is 6.90. The smallest absolute Gasteiger partial charge is 0.339 e. The molecule has 0 spiro atoms. The van der Waals surface area contributed by atoms with Gasteiger partial charge in [-0.2, -0.15) is 0 Å². The van der Waals surface area contributed by atoms with Crippen LogP contribution in [-0.4, -0.2) is 41.6 Å². The van der Waals surface area contributed by atoms with Crippen LogP contribution in [0.2, 0.25) is 5.02 Å². The van der Waals surface area contributed by atoms with Gasteiger partial charge in [-0.05, 0) is 125 Å². The first-order valence-electron chi connectivity index (χ1n) is 15.7. The Balaban J connectivity index is 1.78. The van der Waals surface area contributed by atoms with Crippen LogP contribution in [0.4, 0.5) is 0 Å². The zero-order chi connectivity index (χ0) is 30.3. The number of nitrogens with zero attached hydrogens (tertiary/aromatic N) is 1. The molecule has 1 aliphatic carbocycles. The summed E-state index contributed by atoms with van der Waals surface area (Å²) in [6, 6.07) is 2.28. The predicted molar refractivity (Wildman–Crippen MR) is 166 cm³/mol. The molecule has 228 valence electrons. The molecule has 6 nitrogen and oxygen atoms in total. The summed E-state index contributed by atoms with van der Waals surface area (Å²) < 4.78 is 18.1. The van der Waals surface area contributed by atoms with Gasteiger partial charge in [0.1, 0.15) is 5.75 Å². The highest BCUT2D eigenvalue weighted by atomic mass is 35.5. The van der Waals surface area contributed by atoms with Crippen molar-refractivity contribution in [1.82, 2.24) is 4.90 Å². The zero-order valence-corrected chi connectivity index (χ0v) is 27.1. The van der Waals surface area contributed by atoms with Gasteiger partial charge in [-0.25, -0.2) is 4.79 Å². The Kier molecular flexibility index (Phi) is 8.97. The van der Waals surface area contributed by atoms with E-state index in [2.05, 4.69) is 18.7 Å². The van der Waals surface area contributed by atoms with Gasteiger partial charge in [0.05, 0.1) is 30.3 Å². The van der Waals surface area contributed by atoms with Crippen molar-refractivity contribution in [2.24, 2.45) is 0 Å². The van der Waals surface area contributed by atoms with Gasteiger partial charge in [-0.1, -0.05) is 30.9 Å². The molecule has 1 atom stereocenters. The van der Waals surface area contributed by atoms with Gasteiger partial charge in [0, 0.05) is 18.2 Å². The van der Waals surface area contributed by atoms with Crippen molar-refractivity contribution in [1.29, 1.82) is 0 Å². The third kappa shape index (κ3) is 5.81. The summed E-state index contributed by atoms with van der Waals surface area (Å²) in [7, 11) is 0. The van der Waals surface area contributed by atoms with Crippen LogP contribution in [0.15, 0.2) is 6.07 Å². The van der Waals surface area contributed by atoms with E-state index < -0.39 is 17.7 Å². The second-order valence-electron chi connectivity index (χ2n) is 13.1. The Morgan fingerprint density at radius 1 is 1.05 bits per heavy atom. The van der Waals surface area contributed by atoms with E-state index in [0.29, 0.717) is 24.6 Å². The number of hydrogen-bond donors (Lipinski definition) is 0. The summed E-state index contributed by atoms with van der Waals surface area (Å²) in [6.45, 7) is 15.4. The molecule has 0 saturated heterocycles. The number of hydrogen-bond acceptors (Lipinski definition) is 5. The molecule has 0 N–H and O–H groups in total. The maximum absolute atomic E-state index is 13.7. The van der Waals surface area contributed by atoms with Crippen LogP contribution in [0.25, 0.3) is 11.1 Å². The van der Waals surface area contributed by atoms with E-state index in [1.165, 1.54) is 24.8 Å². The van der Waals surface area contributed by atoms with E-state index in [9.17, 15) is 9.59 Å². The van der Waals surface area contributed by atoms with Gasteiger partial charge in [-0.3, -0.25) is 4.79 Å². The van der Waals surface area contributed by atoms with E-state index in [1.807, 2.05) is 40.7 Å². The first-order chi connectivity index (χ1) is 19.9. The minimum absolute atomic E-state index is 0.171. The summed E-state index contributed by atoms with van der Waals surface area (Å²) in [5.41, 5.74) is 8.51. The van der Waals surface area contributed by atoms with E-state index in [0.717, 1.165) is 75.9 Å². The van der Waals surface area contributed by atoms with E-state index in [4.69, 9.17) is 25.8 Å². The fraction of sp³-hybridized carbons (Fsp3) is 0.600.